The minimum atomic E-state index is -0.463. The standard InChI is InChI=1S/C29H35N3O5/c1-28(2,3)37-27(33)32-13-11-29(12-14-32)17-22(18-29)36-21-9-10-24-20(15-21)16-25(31-30-24)23-7-5-6-8-26(23)35-19-34-4/h5-10,15-16,22H,11-14,17-19H2,1-4H3. The van der Waals surface area contributed by atoms with Crippen molar-refractivity contribution in [1.82, 2.24) is 15.1 Å². The first kappa shape index (κ1) is 25.3. The summed E-state index contributed by atoms with van der Waals surface area (Å²) in [5, 5.41) is 9.78. The molecular formula is C29H35N3O5. The van der Waals surface area contributed by atoms with Gasteiger partial charge in [0.15, 0.2) is 6.79 Å². The average molecular weight is 506 g/mol. The highest BCUT2D eigenvalue weighted by atomic mass is 16.7. The molecule has 5 rings (SSSR count). The van der Waals surface area contributed by atoms with Crippen molar-refractivity contribution in [2.45, 2.75) is 58.2 Å². The highest BCUT2D eigenvalue weighted by Gasteiger charge is 2.48. The maximum absolute atomic E-state index is 12.4. The van der Waals surface area contributed by atoms with Gasteiger partial charge in [0.05, 0.1) is 17.3 Å². The molecule has 8 nitrogen and oxygen atoms in total. The van der Waals surface area contributed by atoms with Gasteiger partial charge in [0.1, 0.15) is 17.1 Å². The number of carbonyl (C=O) groups excluding carboxylic acids is 1. The van der Waals surface area contributed by atoms with Crippen molar-refractivity contribution in [3.63, 3.8) is 0 Å². The molecule has 2 aliphatic rings. The second-order valence-corrected chi connectivity index (χ2v) is 11.1. The minimum absolute atomic E-state index is 0.165. The van der Waals surface area contributed by atoms with Crippen LogP contribution in [0.5, 0.6) is 11.5 Å². The van der Waals surface area contributed by atoms with Crippen LogP contribution in [0, 0.1) is 5.41 Å². The summed E-state index contributed by atoms with van der Waals surface area (Å²) < 4.78 is 22.6. The number of aromatic nitrogens is 2. The van der Waals surface area contributed by atoms with Crippen molar-refractivity contribution in [3.05, 3.63) is 48.5 Å². The van der Waals surface area contributed by atoms with Gasteiger partial charge in [-0.3, -0.25) is 0 Å². The summed E-state index contributed by atoms with van der Waals surface area (Å²) in [6, 6.07) is 15.7. The SMILES string of the molecule is COCOc1ccccc1-c1cc2cc(OC3CC4(CCN(C(=O)OC(C)(C)C)CC4)C3)ccc2nn1. The fourth-order valence-corrected chi connectivity index (χ4v) is 5.23. The van der Waals surface area contributed by atoms with Crippen molar-refractivity contribution in [2.24, 2.45) is 5.41 Å². The molecule has 2 aromatic carbocycles. The Morgan fingerprint density at radius 3 is 2.54 bits per heavy atom. The molecule has 1 aromatic heterocycles. The number of para-hydroxylation sites is 1. The molecule has 1 aliphatic heterocycles. The lowest BCUT2D eigenvalue weighted by molar-refractivity contribution is -0.0582. The molecule has 0 radical (unpaired) electrons. The molecule has 0 atom stereocenters. The molecule has 1 amide bonds. The number of hydrogen-bond acceptors (Lipinski definition) is 7. The summed E-state index contributed by atoms with van der Waals surface area (Å²) in [7, 11) is 1.59. The van der Waals surface area contributed by atoms with Crippen molar-refractivity contribution in [1.29, 1.82) is 0 Å². The number of carbonyl (C=O) groups is 1. The van der Waals surface area contributed by atoms with E-state index in [-0.39, 0.29) is 24.4 Å². The highest BCUT2D eigenvalue weighted by Crippen LogP contribution is 2.50. The lowest BCUT2D eigenvalue weighted by Crippen LogP contribution is -2.52. The van der Waals surface area contributed by atoms with Crippen LogP contribution in [-0.4, -0.2) is 59.9 Å². The maximum atomic E-state index is 12.4. The monoisotopic (exact) mass is 505 g/mol. The van der Waals surface area contributed by atoms with E-state index in [0.717, 1.165) is 66.7 Å². The predicted octanol–water partition coefficient (Wildman–Crippen LogP) is 5.84. The van der Waals surface area contributed by atoms with E-state index in [9.17, 15) is 4.79 Å². The molecule has 1 aliphatic carbocycles. The lowest BCUT2D eigenvalue weighted by atomic mass is 9.61. The smallest absolute Gasteiger partial charge is 0.410 e. The van der Waals surface area contributed by atoms with Crippen LogP contribution < -0.4 is 9.47 Å². The van der Waals surface area contributed by atoms with Crippen molar-refractivity contribution >= 4 is 17.0 Å². The van der Waals surface area contributed by atoms with Gasteiger partial charge in [-0.25, -0.2) is 4.79 Å². The minimum Gasteiger partial charge on any atom is -0.490 e. The third-order valence-electron chi connectivity index (χ3n) is 7.15. The van der Waals surface area contributed by atoms with E-state index in [1.165, 1.54) is 0 Å². The van der Waals surface area contributed by atoms with E-state index in [1.807, 2.05) is 74.2 Å². The number of hydrogen-bond donors (Lipinski definition) is 0. The first-order valence-electron chi connectivity index (χ1n) is 12.9. The van der Waals surface area contributed by atoms with E-state index in [2.05, 4.69) is 10.2 Å². The zero-order chi connectivity index (χ0) is 26.0. The first-order chi connectivity index (χ1) is 17.7. The summed E-state index contributed by atoms with van der Waals surface area (Å²) in [6.45, 7) is 7.36. The van der Waals surface area contributed by atoms with E-state index >= 15 is 0 Å². The zero-order valence-corrected chi connectivity index (χ0v) is 22.0. The highest BCUT2D eigenvalue weighted by molar-refractivity contribution is 5.84. The number of rotatable bonds is 6. The summed E-state index contributed by atoms with van der Waals surface area (Å²) in [5.74, 6) is 1.53. The Morgan fingerprint density at radius 1 is 1.05 bits per heavy atom. The topological polar surface area (TPSA) is 83.0 Å². The molecule has 0 unspecified atom stereocenters. The molecule has 1 saturated carbocycles. The van der Waals surface area contributed by atoms with Crippen LogP contribution in [0.3, 0.4) is 0 Å². The molecule has 2 fully saturated rings. The summed E-state index contributed by atoms with van der Waals surface area (Å²) in [4.78, 5) is 14.2. The summed E-state index contributed by atoms with van der Waals surface area (Å²) in [5.41, 5.74) is 2.21. The Labute approximate surface area is 217 Å². The van der Waals surface area contributed by atoms with Gasteiger partial charge in [-0.15, -0.1) is 10.2 Å². The zero-order valence-electron chi connectivity index (χ0n) is 22.0. The number of benzene rings is 2. The number of amides is 1. The van der Waals surface area contributed by atoms with Gasteiger partial charge in [-0.1, -0.05) is 12.1 Å². The average Bonchev–Trinajstić information content (AvgIpc) is 2.85. The lowest BCUT2D eigenvalue weighted by Gasteiger charge is -2.51. The fourth-order valence-electron chi connectivity index (χ4n) is 5.23. The van der Waals surface area contributed by atoms with Crippen molar-refractivity contribution in [3.8, 4) is 22.8 Å². The number of fused-ring (bicyclic) bond motifs is 1. The van der Waals surface area contributed by atoms with Crippen LogP contribution in [0.25, 0.3) is 22.2 Å². The largest absolute Gasteiger partial charge is 0.490 e. The molecule has 3 aromatic rings. The van der Waals surface area contributed by atoms with Crippen LogP contribution in [0.4, 0.5) is 4.79 Å². The van der Waals surface area contributed by atoms with Crippen LogP contribution in [0.1, 0.15) is 46.5 Å². The van der Waals surface area contributed by atoms with Gasteiger partial charge < -0.3 is 23.8 Å². The Balaban J connectivity index is 1.21. The number of piperidine rings is 1. The molecule has 37 heavy (non-hydrogen) atoms. The van der Waals surface area contributed by atoms with Crippen LogP contribution in [0.15, 0.2) is 48.5 Å². The van der Waals surface area contributed by atoms with E-state index in [0.29, 0.717) is 5.75 Å². The molecule has 1 saturated heterocycles. The second kappa shape index (κ2) is 10.2. The van der Waals surface area contributed by atoms with Gasteiger partial charge >= 0.3 is 6.09 Å². The molecule has 2 heterocycles. The van der Waals surface area contributed by atoms with Crippen molar-refractivity contribution < 1.29 is 23.7 Å². The van der Waals surface area contributed by atoms with Crippen molar-refractivity contribution in [2.75, 3.05) is 27.0 Å². The van der Waals surface area contributed by atoms with Crippen LogP contribution >= 0.6 is 0 Å². The third-order valence-corrected chi connectivity index (χ3v) is 7.15. The molecule has 0 N–H and O–H groups in total. The number of ether oxygens (including phenoxy) is 4. The molecular weight excluding hydrogens is 470 g/mol. The second-order valence-electron chi connectivity index (χ2n) is 11.1. The van der Waals surface area contributed by atoms with Gasteiger partial charge in [0.25, 0.3) is 0 Å². The van der Waals surface area contributed by atoms with E-state index in [4.69, 9.17) is 18.9 Å². The molecule has 8 heteroatoms. The number of nitrogens with zero attached hydrogens (tertiary/aromatic N) is 3. The van der Waals surface area contributed by atoms with Gasteiger partial charge in [0.2, 0.25) is 0 Å². The summed E-state index contributed by atoms with van der Waals surface area (Å²) >= 11 is 0. The van der Waals surface area contributed by atoms with E-state index < -0.39 is 5.60 Å². The fraction of sp³-hybridized carbons (Fsp3) is 0.483. The number of likely N-dealkylation sites (tertiary alicyclic amines) is 1. The van der Waals surface area contributed by atoms with Gasteiger partial charge in [0, 0.05) is 31.1 Å². The summed E-state index contributed by atoms with van der Waals surface area (Å²) in [6.07, 6.45) is 3.98. The quantitative estimate of drug-likeness (QED) is 0.389. The molecule has 0 bridgehead atoms. The van der Waals surface area contributed by atoms with Crippen LogP contribution in [-0.2, 0) is 9.47 Å². The normalized spacial score (nSPS) is 17.5. The molecule has 196 valence electrons. The van der Waals surface area contributed by atoms with Gasteiger partial charge in [-0.2, -0.15) is 0 Å². The Hall–Kier alpha value is -3.39. The van der Waals surface area contributed by atoms with Gasteiger partial charge in [-0.05, 0) is 88.3 Å². The van der Waals surface area contributed by atoms with Crippen LogP contribution in [0.2, 0.25) is 0 Å². The predicted molar refractivity (Wildman–Crippen MR) is 141 cm³/mol. The first-order valence-corrected chi connectivity index (χ1v) is 12.9. The molecule has 1 spiro atoms. The Kier molecular flexibility index (Phi) is 6.94. The maximum Gasteiger partial charge on any atom is 0.410 e. The van der Waals surface area contributed by atoms with E-state index in [1.54, 1.807) is 7.11 Å². The Bertz CT molecular complexity index is 1260. The number of methoxy groups -OCH3 is 1. The third kappa shape index (κ3) is 5.80. The Morgan fingerprint density at radius 2 is 1.81 bits per heavy atom.